The Hall–Kier alpha value is -4.85. The van der Waals surface area contributed by atoms with E-state index in [0.29, 0.717) is 24.8 Å². The number of hydrogen-bond donors (Lipinski definition) is 1. The van der Waals surface area contributed by atoms with Crippen molar-refractivity contribution < 1.29 is 41.8 Å². The zero-order valence-corrected chi connectivity index (χ0v) is 30.3. The Bertz CT molecular complexity index is 1850. The van der Waals surface area contributed by atoms with Crippen LogP contribution in [0.2, 0.25) is 0 Å². The maximum Gasteiger partial charge on any atom is 0.253 e. The van der Waals surface area contributed by atoms with E-state index >= 15 is 8.78 Å². The van der Waals surface area contributed by atoms with E-state index in [2.05, 4.69) is 0 Å². The highest BCUT2D eigenvalue weighted by Gasteiger charge is 2.44. The molecule has 3 heterocycles. The fraction of sp³-hybridized carbons (Fsp3) is 0.462. The van der Waals surface area contributed by atoms with Gasteiger partial charge in [-0.15, -0.1) is 0 Å². The number of carbonyl (C=O) groups is 4. The van der Waals surface area contributed by atoms with Gasteiger partial charge in [0.1, 0.15) is 35.6 Å². The first kappa shape index (κ1) is 39.4. The number of alkyl halides is 1. The smallest absolute Gasteiger partial charge is 0.253 e. The van der Waals surface area contributed by atoms with Crippen molar-refractivity contribution in [2.75, 3.05) is 26.2 Å². The van der Waals surface area contributed by atoms with Crippen LogP contribution in [0.4, 0.5) is 17.6 Å². The molecule has 1 N–H and O–H groups in total. The van der Waals surface area contributed by atoms with Crippen LogP contribution in [0.5, 0.6) is 0 Å². The van der Waals surface area contributed by atoms with Gasteiger partial charge in [-0.3, -0.25) is 24.1 Å². The average molecular weight is 740 g/mol. The quantitative estimate of drug-likeness (QED) is 0.131. The minimum atomic E-state index is -1.49. The van der Waals surface area contributed by atoms with Gasteiger partial charge >= 0.3 is 0 Å². The maximum atomic E-state index is 15.8. The molecule has 1 fully saturated rings. The number of imidazole rings is 1. The summed E-state index contributed by atoms with van der Waals surface area (Å²) in [6, 6.07) is 7.83. The van der Waals surface area contributed by atoms with Crippen LogP contribution < -0.4 is 0 Å². The van der Waals surface area contributed by atoms with Crippen LogP contribution in [0.25, 0.3) is 11.3 Å². The summed E-state index contributed by atoms with van der Waals surface area (Å²) in [5, 5.41) is 10.6. The van der Waals surface area contributed by atoms with E-state index in [0.717, 1.165) is 23.1 Å². The molecule has 5 rings (SSSR count). The molecule has 0 aliphatic carbocycles. The molecular weight excluding hydrogens is 694 g/mol. The molecule has 0 radical (unpaired) electrons. The Balaban J connectivity index is 1.39. The standard InChI is InChI=1S/C39H45F4N5O5/c1-24(49)38(53)48(21-26-20-45(22-31(26)43)33(50)11-6-5-7-16-47-34(51)14-15-35(47)52)36(39(2,3)4)37-44-32(29-18-28(41)12-13-30(29)42)23-46(37)19-25-9-8-10-27(40)17-25/h8-10,12-15,17-18,23-24,26,31,36,49H,5-7,11,16,19-22H2,1-4H3. The Morgan fingerprint density at radius 1 is 0.981 bits per heavy atom. The minimum Gasteiger partial charge on any atom is -0.384 e. The van der Waals surface area contributed by atoms with E-state index < -0.39 is 53.0 Å². The summed E-state index contributed by atoms with van der Waals surface area (Å²) in [5.41, 5.74) is -0.370. The van der Waals surface area contributed by atoms with Crippen molar-refractivity contribution in [1.82, 2.24) is 24.3 Å². The van der Waals surface area contributed by atoms with Gasteiger partial charge in [0.25, 0.3) is 17.7 Å². The fourth-order valence-electron chi connectivity index (χ4n) is 6.98. The number of unbranched alkanes of at least 4 members (excludes halogenated alkanes) is 2. The highest BCUT2D eigenvalue weighted by atomic mass is 19.1. The Kier molecular flexibility index (Phi) is 12.2. The zero-order valence-electron chi connectivity index (χ0n) is 30.3. The molecule has 0 saturated carbocycles. The molecular formula is C39H45F4N5O5. The van der Waals surface area contributed by atoms with Crippen molar-refractivity contribution >= 4 is 23.6 Å². The van der Waals surface area contributed by atoms with Gasteiger partial charge in [0.15, 0.2) is 0 Å². The van der Waals surface area contributed by atoms with Gasteiger partial charge in [-0.05, 0) is 61.1 Å². The van der Waals surface area contributed by atoms with Gasteiger partial charge < -0.3 is 19.5 Å². The highest BCUT2D eigenvalue weighted by molar-refractivity contribution is 6.12. The number of imide groups is 1. The third kappa shape index (κ3) is 9.39. The third-order valence-corrected chi connectivity index (χ3v) is 9.59. The van der Waals surface area contributed by atoms with Crippen LogP contribution in [0.1, 0.15) is 70.8 Å². The Morgan fingerprint density at radius 3 is 2.34 bits per heavy atom. The third-order valence-electron chi connectivity index (χ3n) is 9.59. The number of aliphatic hydroxyl groups excluding tert-OH is 1. The molecule has 2 aliphatic heterocycles. The fourth-order valence-corrected chi connectivity index (χ4v) is 6.98. The van der Waals surface area contributed by atoms with Crippen LogP contribution in [-0.4, -0.2) is 91.4 Å². The van der Waals surface area contributed by atoms with Crippen LogP contribution in [0.15, 0.2) is 60.8 Å². The van der Waals surface area contributed by atoms with Gasteiger partial charge in [-0.2, -0.15) is 0 Å². The maximum absolute atomic E-state index is 15.8. The summed E-state index contributed by atoms with van der Waals surface area (Å²) < 4.78 is 61.1. The molecule has 284 valence electrons. The van der Waals surface area contributed by atoms with Gasteiger partial charge in [0, 0.05) is 62.4 Å². The monoisotopic (exact) mass is 739 g/mol. The molecule has 53 heavy (non-hydrogen) atoms. The summed E-state index contributed by atoms with van der Waals surface area (Å²) in [7, 11) is 0. The number of likely N-dealkylation sites (tertiary alicyclic amines) is 1. The molecule has 10 nitrogen and oxygen atoms in total. The predicted octanol–water partition coefficient (Wildman–Crippen LogP) is 5.59. The molecule has 3 aromatic rings. The topological polar surface area (TPSA) is 116 Å². The SMILES string of the molecule is CC(O)C(=O)N(CC1CN(C(=O)CCCCCN2C(=O)C=CC2=O)CC1F)C(c1nc(-c2cc(F)ccc2F)cn1Cc1cccc(F)c1)C(C)(C)C. The molecule has 4 amide bonds. The van der Waals surface area contributed by atoms with Crippen molar-refractivity contribution in [3.8, 4) is 11.3 Å². The molecule has 4 atom stereocenters. The number of hydrogen-bond acceptors (Lipinski definition) is 6. The molecule has 0 spiro atoms. The summed E-state index contributed by atoms with van der Waals surface area (Å²) in [6.45, 7) is 6.70. The Labute approximate surface area is 306 Å². The van der Waals surface area contributed by atoms with Crippen molar-refractivity contribution in [2.45, 2.75) is 78.2 Å². The van der Waals surface area contributed by atoms with Gasteiger partial charge in [-0.1, -0.05) is 39.3 Å². The largest absolute Gasteiger partial charge is 0.384 e. The second kappa shape index (κ2) is 16.4. The zero-order chi connectivity index (χ0) is 38.6. The number of benzene rings is 2. The number of carbonyl (C=O) groups excluding carboxylic acids is 4. The van der Waals surface area contributed by atoms with E-state index in [9.17, 15) is 33.1 Å². The van der Waals surface area contributed by atoms with Crippen LogP contribution in [0.3, 0.4) is 0 Å². The van der Waals surface area contributed by atoms with E-state index in [1.54, 1.807) is 10.6 Å². The lowest BCUT2D eigenvalue weighted by Gasteiger charge is -2.41. The predicted molar refractivity (Wildman–Crippen MR) is 188 cm³/mol. The molecule has 2 aromatic carbocycles. The van der Waals surface area contributed by atoms with E-state index in [1.807, 2.05) is 20.8 Å². The first-order valence-corrected chi connectivity index (χ1v) is 17.7. The summed E-state index contributed by atoms with van der Waals surface area (Å²) in [6.07, 6.45) is 2.65. The molecule has 1 saturated heterocycles. The van der Waals surface area contributed by atoms with Gasteiger partial charge in [-0.25, -0.2) is 22.5 Å². The first-order chi connectivity index (χ1) is 25.0. The van der Waals surface area contributed by atoms with Gasteiger partial charge in [0.05, 0.1) is 18.3 Å². The van der Waals surface area contributed by atoms with Crippen molar-refractivity contribution in [3.05, 3.63) is 89.7 Å². The number of halogens is 4. The second-order valence-electron chi connectivity index (χ2n) is 14.8. The van der Waals surface area contributed by atoms with E-state index in [-0.39, 0.29) is 73.9 Å². The molecule has 14 heteroatoms. The number of nitrogens with zero attached hydrogens (tertiary/aromatic N) is 5. The number of aromatic nitrogens is 2. The molecule has 2 aliphatic rings. The average Bonchev–Trinajstić information content (AvgIpc) is 3.76. The Morgan fingerprint density at radius 2 is 1.68 bits per heavy atom. The second-order valence-corrected chi connectivity index (χ2v) is 14.8. The lowest BCUT2D eigenvalue weighted by Crippen LogP contribution is -2.49. The number of rotatable bonds is 14. The lowest BCUT2D eigenvalue weighted by atomic mass is 9.84. The molecule has 1 aromatic heterocycles. The number of amides is 4. The minimum absolute atomic E-state index is 0.0143. The van der Waals surface area contributed by atoms with Gasteiger partial charge in [0.2, 0.25) is 5.91 Å². The normalized spacial score (nSPS) is 18.6. The van der Waals surface area contributed by atoms with E-state index in [1.165, 1.54) is 53.3 Å². The summed E-state index contributed by atoms with van der Waals surface area (Å²) in [5.74, 6) is -4.22. The summed E-state index contributed by atoms with van der Waals surface area (Å²) >= 11 is 0. The van der Waals surface area contributed by atoms with E-state index in [4.69, 9.17) is 4.98 Å². The molecule has 0 bridgehead atoms. The molecule has 4 unspecified atom stereocenters. The summed E-state index contributed by atoms with van der Waals surface area (Å²) in [4.78, 5) is 59.2. The first-order valence-electron chi connectivity index (χ1n) is 17.7. The van der Waals surface area contributed by atoms with Crippen LogP contribution in [-0.2, 0) is 25.7 Å². The number of aliphatic hydroxyl groups is 1. The highest BCUT2D eigenvalue weighted by Crippen LogP contribution is 2.41. The van der Waals surface area contributed by atoms with Crippen LogP contribution in [0, 0.1) is 28.8 Å². The lowest BCUT2D eigenvalue weighted by molar-refractivity contribution is -0.146. The van der Waals surface area contributed by atoms with Crippen molar-refractivity contribution in [3.63, 3.8) is 0 Å². The van der Waals surface area contributed by atoms with Crippen LogP contribution >= 0.6 is 0 Å². The van der Waals surface area contributed by atoms with Crippen molar-refractivity contribution in [2.24, 2.45) is 11.3 Å². The van der Waals surface area contributed by atoms with Crippen molar-refractivity contribution in [1.29, 1.82) is 0 Å².